The third-order valence-electron chi connectivity index (χ3n) is 6.45. The van der Waals surface area contributed by atoms with E-state index in [1.165, 1.54) is 6.07 Å². The first kappa shape index (κ1) is 26.1. The fraction of sp³-hybridized carbons (Fsp3) is 0.462. The van der Waals surface area contributed by atoms with Gasteiger partial charge in [0.2, 0.25) is 11.8 Å². The van der Waals surface area contributed by atoms with Gasteiger partial charge in [-0.25, -0.2) is 4.39 Å². The molecule has 184 valence electrons. The van der Waals surface area contributed by atoms with Gasteiger partial charge in [0.05, 0.1) is 12.1 Å². The second-order valence-corrected chi connectivity index (χ2v) is 9.06. The predicted molar refractivity (Wildman–Crippen MR) is 133 cm³/mol. The van der Waals surface area contributed by atoms with E-state index < -0.39 is 6.04 Å². The number of hydrogen-bond acceptors (Lipinski definition) is 4. The Morgan fingerprint density at radius 1 is 1.06 bits per heavy atom. The molecule has 3 rings (SSSR count). The first-order chi connectivity index (χ1) is 16.3. The molecule has 2 unspecified atom stereocenters. The Kier molecular flexibility index (Phi) is 9.45. The van der Waals surface area contributed by atoms with E-state index in [1.807, 2.05) is 32.0 Å². The van der Waals surface area contributed by atoms with Gasteiger partial charge >= 0.3 is 0 Å². The van der Waals surface area contributed by atoms with Crippen molar-refractivity contribution in [1.82, 2.24) is 14.7 Å². The molecule has 0 aliphatic carbocycles. The zero-order valence-electron chi connectivity index (χ0n) is 19.9. The van der Waals surface area contributed by atoms with Gasteiger partial charge in [-0.3, -0.25) is 14.5 Å². The number of halogens is 2. The fourth-order valence-corrected chi connectivity index (χ4v) is 4.57. The van der Waals surface area contributed by atoms with Crippen molar-refractivity contribution < 1.29 is 14.0 Å². The maximum atomic E-state index is 14.8. The van der Waals surface area contributed by atoms with Gasteiger partial charge in [0.15, 0.2) is 0 Å². The van der Waals surface area contributed by atoms with Gasteiger partial charge in [-0.1, -0.05) is 48.9 Å². The molecular formula is C26H34ClFN4O2. The number of nitrogens with two attached hydrogens (primary N) is 1. The maximum absolute atomic E-state index is 14.8. The van der Waals surface area contributed by atoms with Crippen LogP contribution < -0.4 is 5.73 Å². The second-order valence-electron chi connectivity index (χ2n) is 8.62. The smallest absolute Gasteiger partial charge is 0.239 e. The molecule has 2 amide bonds. The monoisotopic (exact) mass is 488 g/mol. The molecule has 2 atom stereocenters. The number of carbonyl (C=O) groups excluding carboxylic acids is 2. The summed E-state index contributed by atoms with van der Waals surface area (Å²) in [5.41, 5.74) is 7.76. The van der Waals surface area contributed by atoms with E-state index >= 15 is 0 Å². The standard InChI is InChI=1S/C26H34ClFN4O2/c1-3-25(33)30(4-2)18-24(21-7-5-6-8-22(21)28)31-13-15-32(16-14-31)26(34)23(29)17-19-9-11-20(27)12-10-19/h5-12,23-24H,3-4,13-18,29H2,1-2H3. The van der Waals surface area contributed by atoms with Crippen LogP contribution in [0.4, 0.5) is 4.39 Å². The Bertz CT molecular complexity index is 964. The lowest BCUT2D eigenvalue weighted by Gasteiger charge is -2.41. The Hall–Kier alpha value is -2.48. The number of amides is 2. The third-order valence-corrected chi connectivity index (χ3v) is 6.70. The number of carbonyl (C=O) groups is 2. The molecule has 2 aromatic carbocycles. The lowest BCUT2D eigenvalue weighted by molar-refractivity contribution is -0.135. The molecule has 1 saturated heterocycles. The molecule has 2 N–H and O–H groups in total. The molecule has 1 heterocycles. The first-order valence-corrected chi connectivity index (χ1v) is 12.3. The van der Waals surface area contributed by atoms with Gasteiger partial charge in [-0.15, -0.1) is 0 Å². The summed E-state index contributed by atoms with van der Waals surface area (Å²) in [6.45, 7) is 6.92. The first-order valence-electron chi connectivity index (χ1n) is 11.9. The van der Waals surface area contributed by atoms with Gasteiger partial charge in [-0.2, -0.15) is 0 Å². The normalized spacial score (nSPS) is 16.2. The fourth-order valence-electron chi connectivity index (χ4n) is 4.45. The Labute approximate surface area is 206 Å². The van der Waals surface area contributed by atoms with Crippen LogP contribution in [0.2, 0.25) is 5.02 Å². The molecule has 2 aromatic rings. The van der Waals surface area contributed by atoms with Crippen molar-refractivity contribution in [2.75, 3.05) is 39.3 Å². The van der Waals surface area contributed by atoms with Gasteiger partial charge in [0.1, 0.15) is 5.82 Å². The van der Waals surface area contributed by atoms with Crippen LogP contribution in [0.5, 0.6) is 0 Å². The number of piperazine rings is 1. The van der Waals surface area contributed by atoms with E-state index in [9.17, 15) is 14.0 Å². The Morgan fingerprint density at radius 2 is 1.71 bits per heavy atom. The SMILES string of the molecule is CCC(=O)N(CC)CC(c1ccccc1F)N1CCN(C(=O)C(N)Cc2ccc(Cl)cc2)CC1. The van der Waals surface area contributed by atoms with Crippen LogP contribution in [0.3, 0.4) is 0 Å². The van der Waals surface area contributed by atoms with E-state index in [0.717, 1.165) is 5.56 Å². The van der Waals surface area contributed by atoms with Gasteiger partial charge in [0.25, 0.3) is 0 Å². The third kappa shape index (κ3) is 6.56. The molecular weight excluding hydrogens is 455 g/mol. The summed E-state index contributed by atoms with van der Waals surface area (Å²) >= 11 is 5.94. The molecule has 0 spiro atoms. The van der Waals surface area contributed by atoms with E-state index in [2.05, 4.69) is 4.90 Å². The summed E-state index contributed by atoms with van der Waals surface area (Å²) in [5, 5.41) is 0.645. The highest BCUT2D eigenvalue weighted by atomic mass is 35.5. The zero-order valence-corrected chi connectivity index (χ0v) is 20.7. The van der Waals surface area contributed by atoms with Crippen LogP contribution in [0.1, 0.15) is 37.4 Å². The molecule has 34 heavy (non-hydrogen) atoms. The van der Waals surface area contributed by atoms with Crippen molar-refractivity contribution in [2.45, 2.75) is 38.8 Å². The number of nitrogens with zero attached hydrogens (tertiary/aromatic N) is 3. The number of hydrogen-bond donors (Lipinski definition) is 1. The molecule has 0 saturated carbocycles. The molecule has 1 fully saturated rings. The van der Waals surface area contributed by atoms with Crippen molar-refractivity contribution in [3.63, 3.8) is 0 Å². The highest BCUT2D eigenvalue weighted by Gasteiger charge is 2.31. The molecule has 0 bridgehead atoms. The van der Waals surface area contributed by atoms with Crippen molar-refractivity contribution in [3.8, 4) is 0 Å². The van der Waals surface area contributed by atoms with E-state index in [-0.39, 0.29) is 23.7 Å². The van der Waals surface area contributed by atoms with Crippen LogP contribution in [0, 0.1) is 5.82 Å². The Balaban J connectivity index is 1.67. The quantitative estimate of drug-likeness (QED) is 0.586. The molecule has 1 aliphatic rings. The number of likely N-dealkylation sites (N-methyl/N-ethyl adjacent to an activating group) is 1. The lowest BCUT2D eigenvalue weighted by atomic mass is 10.0. The molecule has 0 aromatic heterocycles. The summed E-state index contributed by atoms with van der Waals surface area (Å²) in [6, 6.07) is 13.1. The molecule has 0 radical (unpaired) electrons. The van der Waals surface area contributed by atoms with Crippen molar-refractivity contribution in [1.29, 1.82) is 0 Å². The molecule has 6 nitrogen and oxygen atoms in total. The summed E-state index contributed by atoms with van der Waals surface area (Å²) in [7, 11) is 0. The topological polar surface area (TPSA) is 69.9 Å². The Morgan fingerprint density at radius 3 is 2.29 bits per heavy atom. The highest BCUT2D eigenvalue weighted by Crippen LogP contribution is 2.26. The maximum Gasteiger partial charge on any atom is 0.239 e. The van der Waals surface area contributed by atoms with Crippen LogP contribution in [0.15, 0.2) is 48.5 Å². The van der Waals surface area contributed by atoms with Gasteiger partial charge in [-0.05, 0) is 37.1 Å². The van der Waals surface area contributed by atoms with Crippen molar-refractivity contribution in [3.05, 3.63) is 70.5 Å². The van der Waals surface area contributed by atoms with E-state index in [4.69, 9.17) is 17.3 Å². The average Bonchev–Trinajstić information content (AvgIpc) is 2.86. The van der Waals surface area contributed by atoms with Crippen LogP contribution >= 0.6 is 11.6 Å². The minimum Gasteiger partial charge on any atom is -0.341 e. The minimum absolute atomic E-state index is 0.0471. The lowest BCUT2D eigenvalue weighted by Crippen LogP contribution is -2.55. The van der Waals surface area contributed by atoms with Crippen LogP contribution in [-0.2, 0) is 16.0 Å². The highest BCUT2D eigenvalue weighted by molar-refractivity contribution is 6.30. The summed E-state index contributed by atoms with van der Waals surface area (Å²) in [4.78, 5) is 31.1. The average molecular weight is 489 g/mol. The largest absolute Gasteiger partial charge is 0.341 e. The van der Waals surface area contributed by atoms with Gasteiger partial charge in [0, 0.05) is 56.3 Å². The zero-order chi connectivity index (χ0) is 24.7. The van der Waals surface area contributed by atoms with E-state index in [0.29, 0.717) is 62.7 Å². The van der Waals surface area contributed by atoms with Crippen molar-refractivity contribution in [2.24, 2.45) is 5.73 Å². The summed E-state index contributed by atoms with van der Waals surface area (Å²) < 4.78 is 14.8. The number of rotatable bonds is 9. The van der Waals surface area contributed by atoms with Crippen LogP contribution in [-0.4, -0.2) is 71.8 Å². The second kappa shape index (κ2) is 12.3. The van der Waals surface area contributed by atoms with Gasteiger partial charge < -0.3 is 15.5 Å². The van der Waals surface area contributed by atoms with E-state index in [1.54, 1.807) is 34.1 Å². The minimum atomic E-state index is -0.632. The van der Waals surface area contributed by atoms with Crippen molar-refractivity contribution >= 4 is 23.4 Å². The summed E-state index contributed by atoms with van der Waals surface area (Å²) in [5.74, 6) is -0.324. The van der Waals surface area contributed by atoms with Crippen LogP contribution in [0.25, 0.3) is 0 Å². The summed E-state index contributed by atoms with van der Waals surface area (Å²) in [6.07, 6.45) is 0.851. The number of benzene rings is 2. The molecule has 1 aliphatic heterocycles. The predicted octanol–water partition coefficient (Wildman–Crippen LogP) is 3.49. The molecule has 8 heteroatoms.